The molecule has 2 aromatic carbocycles. The Morgan fingerprint density at radius 1 is 1.16 bits per heavy atom. The van der Waals surface area contributed by atoms with Gasteiger partial charge in [0.05, 0.1) is 30.6 Å². The lowest BCUT2D eigenvalue weighted by molar-refractivity contribution is 0.0992. The second-order valence-corrected chi connectivity index (χ2v) is 7.71. The lowest BCUT2D eigenvalue weighted by Crippen LogP contribution is -2.10. The van der Waals surface area contributed by atoms with E-state index in [0.29, 0.717) is 33.8 Å². The van der Waals surface area contributed by atoms with Crippen molar-refractivity contribution in [3.8, 4) is 11.5 Å². The van der Waals surface area contributed by atoms with E-state index in [9.17, 15) is 4.79 Å². The van der Waals surface area contributed by atoms with Crippen molar-refractivity contribution in [3.05, 3.63) is 94.1 Å². The van der Waals surface area contributed by atoms with E-state index in [2.05, 4.69) is 10.4 Å². The number of anilines is 1. The Kier molecular flexibility index (Phi) is 6.68. The number of carbonyl (C=O) groups excluding carboxylic acids is 1. The van der Waals surface area contributed by atoms with Crippen molar-refractivity contribution < 1.29 is 18.7 Å². The molecule has 0 aliphatic rings. The molecule has 0 saturated carbocycles. The van der Waals surface area contributed by atoms with E-state index in [1.54, 1.807) is 54.5 Å². The number of ether oxygens (including phenoxy) is 2. The summed E-state index contributed by atoms with van der Waals surface area (Å²) in [5.41, 5.74) is 1.59. The van der Waals surface area contributed by atoms with Gasteiger partial charge in [-0.1, -0.05) is 35.3 Å². The maximum Gasteiger partial charge on any atom is 0.291 e. The highest BCUT2D eigenvalue weighted by Gasteiger charge is 2.13. The van der Waals surface area contributed by atoms with Gasteiger partial charge in [0.15, 0.2) is 5.76 Å². The first-order valence-corrected chi connectivity index (χ1v) is 10.4. The van der Waals surface area contributed by atoms with Crippen LogP contribution in [0.4, 0.5) is 5.69 Å². The number of carbonyl (C=O) groups is 1. The largest absolute Gasteiger partial charge is 0.497 e. The van der Waals surface area contributed by atoms with E-state index in [-0.39, 0.29) is 18.3 Å². The summed E-state index contributed by atoms with van der Waals surface area (Å²) in [7, 11) is 1.62. The Morgan fingerprint density at radius 2 is 2.03 bits per heavy atom. The number of hydrogen-bond donors (Lipinski definition) is 1. The highest BCUT2D eigenvalue weighted by atomic mass is 35.5. The number of nitrogens with zero attached hydrogens (tertiary/aromatic N) is 2. The fourth-order valence-corrected chi connectivity index (χ4v) is 3.45. The molecular formula is C23H19Cl2N3O4. The molecule has 0 saturated heterocycles. The number of benzene rings is 2. The average Bonchev–Trinajstić information content (AvgIpc) is 3.43. The fraction of sp³-hybridized carbons (Fsp3) is 0.130. The van der Waals surface area contributed by atoms with E-state index in [0.717, 1.165) is 11.3 Å². The molecule has 4 rings (SSSR count). The second-order valence-electron chi connectivity index (χ2n) is 6.86. The molecule has 0 aliphatic carbocycles. The molecule has 1 amide bonds. The van der Waals surface area contributed by atoms with Crippen LogP contribution in [0.3, 0.4) is 0 Å². The van der Waals surface area contributed by atoms with Crippen molar-refractivity contribution in [2.24, 2.45) is 0 Å². The normalized spacial score (nSPS) is 10.7. The third-order valence-electron chi connectivity index (χ3n) is 4.52. The average molecular weight is 472 g/mol. The number of aromatic nitrogens is 2. The zero-order chi connectivity index (χ0) is 22.5. The minimum Gasteiger partial charge on any atom is -0.497 e. The monoisotopic (exact) mass is 471 g/mol. The minimum absolute atomic E-state index is 0.118. The summed E-state index contributed by atoms with van der Waals surface area (Å²) >= 11 is 12.0. The van der Waals surface area contributed by atoms with E-state index in [1.165, 1.54) is 0 Å². The Labute approximate surface area is 194 Å². The van der Waals surface area contributed by atoms with Crippen molar-refractivity contribution in [2.75, 3.05) is 12.4 Å². The maximum atomic E-state index is 12.5. The lowest BCUT2D eigenvalue weighted by atomic mass is 10.2. The minimum atomic E-state index is -0.387. The molecule has 1 N–H and O–H groups in total. The molecule has 9 heteroatoms. The predicted octanol–water partition coefficient (Wildman–Crippen LogP) is 5.67. The van der Waals surface area contributed by atoms with Gasteiger partial charge in [-0.25, -0.2) is 0 Å². The van der Waals surface area contributed by atoms with E-state index in [4.69, 9.17) is 37.1 Å². The summed E-state index contributed by atoms with van der Waals surface area (Å²) in [4.78, 5) is 12.5. The molecule has 0 bridgehead atoms. The number of halogens is 2. The van der Waals surface area contributed by atoms with Gasteiger partial charge in [-0.2, -0.15) is 5.10 Å². The van der Waals surface area contributed by atoms with Gasteiger partial charge in [0, 0.05) is 11.2 Å². The number of furan rings is 1. The second kappa shape index (κ2) is 9.80. The highest BCUT2D eigenvalue weighted by molar-refractivity contribution is 6.35. The van der Waals surface area contributed by atoms with E-state index < -0.39 is 0 Å². The molecule has 0 radical (unpaired) electrons. The fourth-order valence-electron chi connectivity index (χ4n) is 2.98. The SMILES string of the molecule is COc1cccc(Cn2cc(NC(=O)c3ccc(COc4ccc(Cl)cc4Cl)o3)cn2)c1. The first-order chi connectivity index (χ1) is 15.5. The van der Waals surface area contributed by atoms with Crippen molar-refractivity contribution in [2.45, 2.75) is 13.2 Å². The third kappa shape index (κ3) is 5.43. The van der Waals surface area contributed by atoms with Crippen molar-refractivity contribution >= 4 is 34.8 Å². The van der Waals surface area contributed by atoms with Gasteiger partial charge in [0.2, 0.25) is 0 Å². The Hall–Kier alpha value is -3.42. The topological polar surface area (TPSA) is 78.5 Å². The van der Waals surface area contributed by atoms with Gasteiger partial charge in [0.25, 0.3) is 5.91 Å². The van der Waals surface area contributed by atoms with Gasteiger partial charge in [-0.3, -0.25) is 9.48 Å². The lowest BCUT2D eigenvalue weighted by Gasteiger charge is -2.06. The molecule has 0 spiro atoms. The van der Waals surface area contributed by atoms with Gasteiger partial charge < -0.3 is 19.2 Å². The van der Waals surface area contributed by atoms with Gasteiger partial charge in [-0.05, 0) is 48.0 Å². The summed E-state index contributed by atoms with van der Waals surface area (Å²) in [5, 5.41) is 7.97. The van der Waals surface area contributed by atoms with Crippen LogP contribution in [0.2, 0.25) is 10.0 Å². The van der Waals surface area contributed by atoms with Crippen molar-refractivity contribution in [1.82, 2.24) is 9.78 Å². The molecule has 2 heterocycles. The number of rotatable bonds is 8. The Morgan fingerprint density at radius 3 is 2.84 bits per heavy atom. The zero-order valence-corrected chi connectivity index (χ0v) is 18.6. The van der Waals surface area contributed by atoms with Crippen LogP contribution in [-0.4, -0.2) is 22.8 Å². The molecule has 164 valence electrons. The van der Waals surface area contributed by atoms with Crippen molar-refractivity contribution in [3.63, 3.8) is 0 Å². The van der Waals surface area contributed by atoms with Crippen molar-refractivity contribution in [1.29, 1.82) is 0 Å². The molecule has 0 aliphatic heterocycles. The third-order valence-corrected chi connectivity index (χ3v) is 5.05. The van der Waals surface area contributed by atoms with Crippen LogP contribution >= 0.6 is 23.2 Å². The van der Waals surface area contributed by atoms with Crippen LogP contribution in [0.25, 0.3) is 0 Å². The quantitative estimate of drug-likeness (QED) is 0.358. The summed E-state index contributed by atoms with van der Waals surface area (Å²) in [6.07, 6.45) is 3.32. The Bertz CT molecular complexity index is 1240. The van der Waals surface area contributed by atoms with Crippen LogP contribution < -0.4 is 14.8 Å². The standard InChI is InChI=1S/C23H19Cl2N3O4/c1-30-18-4-2-3-15(9-18)12-28-13-17(11-26-28)27-23(29)22-8-6-19(32-22)14-31-21-7-5-16(24)10-20(21)25/h2-11,13H,12,14H2,1H3,(H,27,29). The summed E-state index contributed by atoms with van der Waals surface area (Å²) in [6, 6.07) is 15.9. The van der Waals surface area contributed by atoms with Crippen LogP contribution in [0, 0.1) is 0 Å². The molecule has 0 unspecified atom stereocenters. The number of methoxy groups -OCH3 is 1. The number of hydrogen-bond acceptors (Lipinski definition) is 5. The molecule has 0 fully saturated rings. The predicted molar refractivity (Wildman–Crippen MR) is 122 cm³/mol. The van der Waals surface area contributed by atoms with Crippen LogP contribution in [0.1, 0.15) is 21.9 Å². The van der Waals surface area contributed by atoms with Gasteiger partial charge in [0.1, 0.15) is 23.9 Å². The number of nitrogens with one attached hydrogen (secondary N) is 1. The highest BCUT2D eigenvalue weighted by Crippen LogP contribution is 2.28. The molecule has 32 heavy (non-hydrogen) atoms. The summed E-state index contributed by atoms with van der Waals surface area (Å²) in [5.74, 6) is 1.50. The first-order valence-electron chi connectivity index (χ1n) is 9.63. The number of amides is 1. The molecule has 2 aromatic heterocycles. The van der Waals surface area contributed by atoms with Crippen LogP contribution in [-0.2, 0) is 13.2 Å². The first kappa shape index (κ1) is 21.8. The van der Waals surface area contributed by atoms with E-state index >= 15 is 0 Å². The maximum absolute atomic E-state index is 12.5. The smallest absolute Gasteiger partial charge is 0.291 e. The molecule has 0 atom stereocenters. The summed E-state index contributed by atoms with van der Waals surface area (Å²) in [6.45, 7) is 0.662. The molecular weight excluding hydrogens is 453 g/mol. The van der Waals surface area contributed by atoms with Gasteiger partial charge in [-0.15, -0.1) is 0 Å². The van der Waals surface area contributed by atoms with Gasteiger partial charge >= 0.3 is 0 Å². The summed E-state index contributed by atoms with van der Waals surface area (Å²) < 4.78 is 18.2. The van der Waals surface area contributed by atoms with Crippen LogP contribution in [0.15, 0.2) is 71.4 Å². The Balaban J connectivity index is 1.34. The molecule has 7 nitrogen and oxygen atoms in total. The molecule has 4 aromatic rings. The van der Waals surface area contributed by atoms with E-state index in [1.807, 2.05) is 24.3 Å². The zero-order valence-electron chi connectivity index (χ0n) is 17.0. The van der Waals surface area contributed by atoms with Crippen LogP contribution in [0.5, 0.6) is 11.5 Å².